The van der Waals surface area contributed by atoms with Gasteiger partial charge in [-0.25, -0.2) is 0 Å². The molecular weight excluding hydrogens is 228 g/mol. The Balaban J connectivity index is 2.96. The van der Waals surface area contributed by atoms with Gasteiger partial charge in [-0.15, -0.1) is 0 Å². The maximum atomic E-state index is 8.92. The summed E-state index contributed by atoms with van der Waals surface area (Å²) < 4.78 is 5.22. The van der Waals surface area contributed by atoms with E-state index in [1.54, 1.807) is 7.11 Å². The van der Waals surface area contributed by atoms with E-state index in [2.05, 4.69) is 11.8 Å². The van der Waals surface area contributed by atoms with Crippen LogP contribution >= 0.6 is 0 Å². The number of nitrogens with zero attached hydrogens (tertiary/aromatic N) is 1. The van der Waals surface area contributed by atoms with Crippen LogP contribution in [-0.2, 0) is 6.54 Å². The van der Waals surface area contributed by atoms with E-state index in [1.165, 1.54) is 0 Å². The third kappa shape index (κ3) is 4.38. The van der Waals surface area contributed by atoms with Gasteiger partial charge in [-0.1, -0.05) is 11.8 Å². The van der Waals surface area contributed by atoms with Gasteiger partial charge in [-0.05, 0) is 30.8 Å². The highest BCUT2D eigenvalue weighted by Crippen LogP contribution is 2.18. The summed E-state index contributed by atoms with van der Waals surface area (Å²) in [5, 5.41) is 8.92. The first-order valence-electron chi connectivity index (χ1n) is 5.86. The van der Waals surface area contributed by atoms with Crippen molar-refractivity contribution < 1.29 is 9.84 Å². The number of likely N-dealkylation sites (N-methyl/N-ethyl adjacent to an activating group) is 1. The van der Waals surface area contributed by atoms with Gasteiger partial charge in [0.2, 0.25) is 0 Å². The minimum absolute atomic E-state index is 0.143. The SMILES string of the molecule is COc1ccc(C#CCN)c(CN(C)CCO)c1. The molecule has 0 spiro atoms. The van der Waals surface area contributed by atoms with Gasteiger partial charge in [0, 0.05) is 18.7 Å². The Labute approximate surface area is 108 Å². The molecule has 0 radical (unpaired) electrons. The number of hydrogen-bond acceptors (Lipinski definition) is 4. The topological polar surface area (TPSA) is 58.7 Å². The molecule has 98 valence electrons. The molecule has 0 heterocycles. The summed E-state index contributed by atoms with van der Waals surface area (Å²) in [6.07, 6.45) is 0. The van der Waals surface area contributed by atoms with Gasteiger partial charge >= 0.3 is 0 Å². The van der Waals surface area contributed by atoms with Crippen LogP contribution in [0, 0.1) is 11.8 Å². The first-order valence-corrected chi connectivity index (χ1v) is 5.86. The Bertz CT molecular complexity index is 435. The van der Waals surface area contributed by atoms with Crippen LogP contribution < -0.4 is 10.5 Å². The molecule has 0 aliphatic heterocycles. The van der Waals surface area contributed by atoms with Crippen LogP contribution in [0.4, 0.5) is 0 Å². The zero-order valence-electron chi connectivity index (χ0n) is 10.9. The van der Waals surface area contributed by atoms with Gasteiger partial charge in [0.1, 0.15) is 5.75 Å². The fraction of sp³-hybridized carbons (Fsp3) is 0.429. The van der Waals surface area contributed by atoms with Gasteiger partial charge in [-0.3, -0.25) is 4.90 Å². The number of methoxy groups -OCH3 is 1. The molecule has 0 amide bonds. The van der Waals surface area contributed by atoms with E-state index in [9.17, 15) is 0 Å². The van der Waals surface area contributed by atoms with Crippen molar-refractivity contribution in [2.45, 2.75) is 6.54 Å². The van der Waals surface area contributed by atoms with Gasteiger partial charge in [0.05, 0.1) is 20.3 Å². The fourth-order valence-corrected chi connectivity index (χ4v) is 1.64. The predicted molar refractivity (Wildman–Crippen MR) is 72.3 cm³/mol. The molecule has 4 heteroatoms. The highest BCUT2D eigenvalue weighted by molar-refractivity contribution is 5.45. The number of rotatable bonds is 5. The maximum Gasteiger partial charge on any atom is 0.119 e. The Kier molecular flexibility index (Phi) is 6.23. The first-order chi connectivity index (χ1) is 8.71. The summed E-state index contributed by atoms with van der Waals surface area (Å²) in [5.41, 5.74) is 7.41. The molecule has 1 aromatic carbocycles. The predicted octanol–water partition coefficient (Wildman–Crippen LogP) is 0.430. The van der Waals surface area contributed by atoms with Crippen LogP contribution in [0.25, 0.3) is 0 Å². The Morgan fingerprint density at radius 3 is 2.83 bits per heavy atom. The average molecular weight is 248 g/mol. The standard InChI is InChI=1S/C14H20N2O2/c1-16(8-9-17)11-13-10-14(18-2)6-5-12(13)4-3-7-15/h5-6,10,17H,7-9,11,15H2,1-2H3. The largest absolute Gasteiger partial charge is 0.497 e. The van der Waals surface area contributed by atoms with E-state index in [4.69, 9.17) is 15.6 Å². The molecule has 0 atom stereocenters. The molecule has 0 unspecified atom stereocenters. The summed E-state index contributed by atoms with van der Waals surface area (Å²) >= 11 is 0. The van der Waals surface area contributed by atoms with Crippen LogP contribution in [0.2, 0.25) is 0 Å². The van der Waals surface area contributed by atoms with Gasteiger partial charge in [-0.2, -0.15) is 0 Å². The smallest absolute Gasteiger partial charge is 0.119 e. The maximum absolute atomic E-state index is 8.92. The molecule has 0 aromatic heterocycles. The number of ether oxygens (including phenoxy) is 1. The van der Waals surface area contributed by atoms with Crippen molar-refractivity contribution in [3.8, 4) is 17.6 Å². The van der Waals surface area contributed by atoms with E-state index in [0.717, 1.165) is 16.9 Å². The van der Waals surface area contributed by atoms with E-state index in [-0.39, 0.29) is 6.61 Å². The molecule has 3 N–H and O–H groups in total. The molecule has 0 aliphatic carbocycles. The monoisotopic (exact) mass is 248 g/mol. The fourth-order valence-electron chi connectivity index (χ4n) is 1.64. The van der Waals surface area contributed by atoms with Crippen molar-refractivity contribution in [2.75, 3.05) is 33.9 Å². The van der Waals surface area contributed by atoms with Crippen molar-refractivity contribution in [2.24, 2.45) is 5.73 Å². The lowest BCUT2D eigenvalue weighted by Crippen LogP contribution is -2.22. The lowest BCUT2D eigenvalue weighted by Gasteiger charge is -2.16. The van der Waals surface area contributed by atoms with Crippen molar-refractivity contribution >= 4 is 0 Å². The molecule has 1 aromatic rings. The second kappa shape index (κ2) is 7.72. The van der Waals surface area contributed by atoms with Gasteiger partial charge < -0.3 is 15.6 Å². The highest BCUT2D eigenvalue weighted by atomic mass is 16.5. The third-order valence-electron chi connectivity index (χ3n) is 2.56. The van der Waals surface area contributed by atoms with E-state index in [0.29, 0.717) is 19.6 Å². The molecular formula is C14H20N2O2. The molecule has 18 heavy (non-hydrogen) atoms. The molecule has 0 saturated heterocycles. The van der Waals surface area contributed by atoms with Crippen molar-refractivity contribution in [1.82, 2.24) is 4.90 Å². The van der Waals surface area contributed by atoms with Crippen LogP contribution in [0.15, 0.2) is 18.2 Å². The normalized spacial score (nSPS) is 10.1. The third-order valence-corrected chi connectivity index (χ3v) is 2.56. The minimum Gasteiger partial charge on any atom is -0.497 e. The molecule has 0 aliphatic rings. The Morgan fingerprint density at radius 1 is 1.44 bits per heavy atom. The quantitative estimate of drug-likeness (QED) is 0.742. The first kappa shape index (κ1) is 14.5. The number of aliphatic hydroxyl groups excluding tert-OH is 1. The summed E-state index contributed by atoms with van der Waals surface area (Å²) in [5.74, 6) is 6.71. The highest BCUT2D eigenvalue weighted by Gasteiger charge is 2.06. The lowest BCUT2D eigenvalue weighted by molar-refractivity contribution is 0.217. The number of hydrogen-bond donors (Lipinski definition) is 2. The van der Waals surface area contributed by atoms with Crippen molar-refractivity contribution in [3.05, 3.63) is 29.3 Å². The van der Waals surface area contributed by atoms with Crippen LogP contribution in [0.5, 0.6) is 5.75 Å². The van der Waals surface area contributed by atoms with E-state index >= 15 is 0 Å². The van der Waals surface area contributed by atoms with E-state index < -0.39 is 0 Å². The van der Waals surface area contributed by atoms with Crippen molar-refractivity contribution in [1.29, 1.82) is 0 Å². The number of aliphatic hydroxyl groups is 1. The minimum atomic E-state index is 0.143. The summed E-state index contributed by atoms with van der Waals surface area (Å²) in [6, 6.07) is 5.79. The molecule has 4 nitrogen and oxygen atoms in total. The average Bonchev–Trinajstić information content (AvgIpc) is 2.37. The second-order valence-electron chi connectivity index (χ2n) is 3.99. The molecule has 1 rings (SSSR count). The van der Waals surface area contributed by atoms with E-state index in [1.807, 2.05) is 30.1 Å². The van der Waals surface area contributed by atoms with Crippen LogP contribution in [-0.4, -0.2) is 43.9 Å². The van der Waals surface area contributed by atoms with Gasteiger partial charge in [0.25, 0.3) is 0 Å². The Morgan fingerprint density at radius 2 is 2.22 bits per heavy atom. The molecule has 0 bridgehead atoms. The number of nitrogens with two attached hydrogens (primary N) is 1. The van der Waals surface area contributed by atoms with Gasteiger partial charge in [0.15, 0.2) is 0 Å². The van der Waals surface area contributed by atoms with Crippen molar-refractivity contribution in [3.63, 3.8) is 0 Å². The summed E-state index contributed by atoms with van der Waals surface area (Å²) in [4.78, 5) is 2.03. The zero-order chi connectivity index (χ0) is 13.4. The summed E-state index contributed by atoms with van der Waals surface area (Å²) in [7, 11) is 3.59. The second-order valence-corrected chi connectivity index (χ2v) is 3.99. The Hall–Kier alpha value is -1.54. The molecule has 0 saturated carbocycles. The number of benzene rings is 1. The lowest BCUT2D eigenvalue weighted by atomic mass is 10.1. The van der Waals surface area contributed by atoms with Crippen LogP contribution in [0.3, 0.4) is 0 Å². The summed E-state index contributed by atoms with van der Waals surface area (Å²) in [6.45, 7) is 1.83. The zero-order valence-corrected chi connectivity index (χ0v) is 10.9. The molecule has 0 fully saturated rings. The van der Waals surface area contributed by atoms with Crippen LogP contribution in [0.1, 0.15) is 11.1 Å².